The summed E-state index contributed by atoms with van der Waals surface area (Å²) in [5, 5.41) is 3.25. The third kappa shape index (κ3) is 5.27. The van der Waals surface area contributed by atoms with Crippen LogP contribution in [-0.2, 0) is 10.0 Å². The molecule has 1 aliphatic heterocycles. The molecular weight excluding hydrogens is 402 g/mol. The lowest BCUT2D eigenvalue weighted by molar-refractivity contribution is 0.0934. The molecular formula is C19H24ClN3O4S. The van der Waals surface area contributed by atoms with Crippen LogP contribution in [0.4, 0.5) is 5.69 Å². The van der Waals surface area contributed by atoms with Crippen molar-refractivity contribution in [2.24, 2.45) is 0 Å². The molecule has 0 spiro atoms. The van der Waals surface area contributed by atoms with Gasteiger partial charge in [0.2, 0.25) is 10.0 Å². The highest BCUT2D eigenvalue weighted by molar-refractivity contribution is 7.92. The number of sulfonamides is 1. The summed E-state index contributed by atoms with van der Waals surface area (Å²) in [5.41, 5.74) is 0.365. The number of aryl methyl sites for hydroxylation is 1. The summed E-state index contributed by atoms with van der Waals surface area (Å²) in [7, 11) is -3.53. The first-order chi connectivity index (χ1) is 13.2. The summed E-state index contributed by atoms with van der Waals surface area (Å²) in [6.45, 7) is 4.12. The van der Waals surface area contributed by atoms with E-state index in [-0.39, 0.29) is 17.3 Å². The first kappa shape index (κ1) is 20.7. The van der Waals surface area contributed by atoms with Gasteiger partial charge in [-0.2, -0.15) is 0 Å². The molecule has 0 radical (unpaired) electrons. The molecule has 0 aliphatic carbocycles. The minimum Gasteiger partial charge on any atom is -0.465 e. The van der Waals surface area contributed by atoms with Gasteiger partial charge in [0.1, 0.15) is 11.5 Å². The molecule has 2 heterocycles. The Morgan fingerprint density at radius 3 is 2.57 bits per heavy atom. The third-order valence-corrected chi connectivity index (χ3v) is 5.47. The van der Waals surface area contributed by atoms with Crippen LogP contribution in [0.25, 0.3) is 0 Å². The Hall–Kier alpha value is -2.03. The van der Waals surface area contributed by atoms with Crippen molar-refractivity contribution in [1.82, 2.24) is 10.2 Å². The van der Waals surface area contributed by atoms with Crippen LogP contribution in [-0.4, -0.2) is 45.1 Å². The van der Waals surface area contributed by atoms with Crippen molar-refractivity contribution < 1.29 is 17.6 Å². The van der Waals surface area contributed by atoms with E-state index < -0.39 is 15.9 Å². The van der Waals surface area contributed by atoms with E-state index in [1.54, 1.807) is 0 Å². The normalized spacial score (nSPS) is 16.1. The lowest BCUT2D eigenvalue weighted by Crippen LogP contribution is -2.37. The van der Waals surface area contributed by atoms with Gasteiger partial charge in [-0.25, -0.2) is 8.42 Å². The number of carbonyl (C=O) groups is 1. The number of furan rings is 1. The van der Waals surface area contributed by atoms with E-state index in [1.165, 1.54) is 18.2 Å². The van der Waals surface area contributed by atoms with E-state index >= 15 is 0 Å². The van der Waals surface area contributed by atoms with Crippen molar-refractivity contribution in [3.8, 4) is 0 Å². The summed E-state index contributed by atoms with van der Waals surface area (Å²) < 4.78 is 31.3. The maximum atomic E-state index is 12.8. The van der Waals surface area contributed by atoms with Crippen LogP contribution in [0.15, 0.2) is 34.7 Å². The smallest absolute Gasteiger partial charge is 0.253 e. The minimum absolute atomic E-state index is 0.0781. The predicted octanol–water partition coefficient (Wildman–Crippen LogP) is 3.18. The number of rotatable bonds is 7. The largest absolute Gasteiger partial charge is 0.465 e. The fourth-order valence-electron chi connectivity index (χ4n) is 3.37. The second kappa shape index (κ2) is 8.55. The monoisotopic (exact) mass is 425 g/mol. The number of amides is 1. The average molecular weight is 426 g/mol. The van der Waals surface area contributed by atoms with Gasteiger partial charge in [-0.05, 0) is 63.2 Å². The summed E-state index contributed by atoms with van der Waals surface area (Å²) in [5.74, 6) is 1.22. The Morgan fingerprint density at radius 1 is 1.25 bits per heavy atom. The lowest BCUT2D eigenvalue weighted by Gasteiger charge is -2.26. The van der Waals surface area contributed by atoms with Gasteiger partial charge >= 0.3 is 0 Å². The van der Waals surface area contributed by atoms with Crippen LogP contribution in [0, 0.1) is 6.92 Å². The Labute approximate surface area is 170 Å². The van der Waals surface area contributed by atoms with Gasteiger partial charge in [0.05, 0.1) is 23.5 Å². The summed E-state index contributed by atoms with van der Waals surface area (Å²) in [6.07, 6.45) is 3.26. The number of benzene rings is 1. The minimum atomic E-state index is -3.53. The molecule has 7 nitrogen and oxygen atoms in total. The lowest BCUT2D eigenvalue weighted by atomic mass is 10.1. The highest BCUT2D eigenvalue weighted by Crippen LogP contribution is 2.27. The zero-order valence-electron chi connectivity index (χ0n) is 15.9. The molecule has 1 fully saturated rings. The van der Waals surface area contributed by atoms with Crippen LogP contribution in [0.3, 0.4) is 0 Å². The number of anilines is 1. The maximum absolute atomic E-state index is 12.8. The summed E-state index contributed by atoms with van der Waals surface area (Å²) in [6, 6.07) is 8.22. The average Bonchev–Trinajstić information content (AvgIpc) is 3.28. The van der Waals surface area contributed by atoms with Gasteiger partial charge < -0.3 is 9.73 Å². The van der Waals surface area contributed by atoms with Crippen molar-refractivity contribution in [3.63, 3.8) is 0 Å². The molecule has 1 unspecified atom stereocenters. The van der Waals surface area contributed by atoms with E-state index in [1.807, 2.05) is 19.1 Å². The van der Waals surface area contributed by atoms with Gasteiger partial charge in [0, 0.05) is 11.6 Å². The zero-order valence-corrected chi connectivity index (χ0v) is 17.4. The molecule has 1 atom stereocenters. The summed E-state index contributed by atoms with van der Waals surface area (Å²) in [4.78, 5) is 15.1. The highest BCUT2D eigenvalue weighted by Gasteiger charge is 2.27. The van der Waals surface area contributed by atoms with Crippen LogP contribution in [0.1, 0.15) is 40.8 Å². The fourth-order valence-corrected chi connectivity index (χ4v) is 4.12. The van der Waals surface area contributed by atoms with E-state index in [4.69, 9.17) is 16.0 Å². The number of halogens is 1. The first-order valence-corrected chi connectivity index (χ1v) is 11.4. The molecule has 1 aromatic heterocycles. The van der Waals surface area contributed by atoms with Crippen LogP contribution in [0.5, 0.6) is 0 Å². The Balaban J connectivity index is 1.78. The van der Waals surface area contributed by atoms with Gasteiger partial charge in [-0.3, -0.25) is 14.4 Å². The molecule has 28 heavy (non-hydrogen) atoms. The molecule has 0 saturated carbocycles. The first-order valence-electron chi connectivity index (χ1n) is 9.09. The summed E-state index contributed by atoms with van der Waals surface area (Å²) >= 11 is 6.02. The van der Waals surface area contributed by atoms with Gasteiger partial charge in [-0.15, -0.1) is 0 Å². The fraction of sp³-hybridized carbons (Fsp3) is 0.421. The second-order valence-corrected chi connectivity index (χ2v) is 9.17. The van der Waals surface area contributed by atoms with Crippen molar-refractivity contribution in [2.45, 2.75) is 25.8 Å². The topological polar surface area (TPSA) is 91.7 Å². The molecule has 1 aliphatic rings. The molecule has 1 aromatic carbocycles. The Morgan fingerprint density at radius 2 is 1.96 bits per heavy atom. The van der Waals surface area contributed by atoms with Crippen LogP contribution >= 0.6 is 11.6 Å². The second-order valence-electron chi connectivity index (χ2n) is 6.98. The van der Waals surface area contributed by atoms with Gasteiger partial charge in [0.25, 0.3) is 5.91 Å². The molecule has 152 valence electrons. The SMILES string of the molecule is Cc1ccc(C(CNC(=O)c2cc(Cl)ccc2NS(C)(=O)=O)N2CCCC2)o1. The number of hydrogen-bond acceptors (Lipinski definition) is 5. The molecule has 2 N–H and O–H groups in total. The molecule has 0 bridgehead atoms. The van der Waals surface area contributed by atoms with E-state index in [9.17, 15) is 13.2 Å². The molecule has 1 amide bonds. The zero-order chi connectivity index (χ0) is 20.3. The number of nitrogens with one attached hydrogen (secondary N) is 2. The van der Waals surface area contributed by atoms with E-state index in [0.717, 1.165) is 43.7 Å². The number of likely N-dealkylation sites (tertiary alicyclic amines) is 1. The molecule has 2 aromatic rings. The Bertz CT molecular complexity index is 952. The quantitative estimate of drug-likeness (QED) is 0.710. The van der Waals surface area contributed by atoms with E-state index in [0.29, 0.717) is 11.6 Å². The highest BCUT2D eigenvalue weighted by atomic mass is 35.5. The van der Waals surface area contributed by atoms with E-state index in [2.05, 4.69) is 14.9 Å². The van der Waals surface area contributed by atoms with Gasteiger partial charge in [0.15, 0.2) is 0 Å². The predicted molar refractivity (Wildman–Crippen MR) is 109 cm³/mol. The molecule has 9 heteroatoms. The molecule has 1 saturated heterocycles. The molecule has 3 rings (SSSR count). The number of carbonyl (C=O) groups excluding carboxylic acids is 1. The van der Waals surface area contributed by atoms with Crippen molar-refractivity contribution in [3.05, 3.63) is 52.4 Å². The van der Waals surface area contributed by atoms with Crippen LogP contribution in [0.2, 0.25) is 5.02 Å². The van der Waals surface area contributed by atoms with Crippen molar-refractivity contribution >= 4 is 33.2 Å². The standard InChI is InChI=1S/C19H24ClN3O4S/c1-13-5-8-18(27-13)17(23-9-3-4-10-23)12-21-19(24)15-11-14(20)6-7-16(15)22-28(2,25)26/h5-8,11,17,22H,3-4,9-10,12H2,1-2H3,(H,21,24). The van der Waals surface area contributed by atoms with Gasteiger partial charge in [-0.1, -0.05) is 11.6 Å². The third-order valence-electron chi connectivity index (χ3n) is 4.65. The number of nitrogens with zero attached hydrogens (tertiary/aromatic N) is 1. The Kier molecular flexibility index (Phi) is 6.32. The maximum Gasteiger partial charge on any atom is 0.253 e. The van der Waals surface area contributed by atoms with Crippen LogP contribution < -0.4 is 10.0 Å². The van der Waals surface area contributed by atoms with Crippen molar-refractivity contribution in [1.29, 1.82) is 0 Å². The van der Waals surface area contributed by atoms with Crippen molar-refractivity contribution in [2.75, 3.05) is 30.6 Å². The number of hydrogen-bond donors (Lipinski definition) is 2.